The Bertz CT molecular complexity index is 805. The van der Waals surface area contributed by atoms with Crippen LogP contribution in [0.2, 0.25) is 0 Å². The molecule has 0 N–H and O–H groups in total. The Hall–Kier alpha value is -0.260. The van der Waals surface area contributed by atoms with Crippen molar-refractivity contribution in [2.24, 2.45) is 93.7 Å². The first-order chi connectivity index (χ1) is 10.7. The van der Waals surface area contributed by atoms with Gasteiger partial charge in [0.25, 0.3) is 0 Å². The largest absolute Gasteiger partial charge is 0.0661 e. The lowest BCUT2D eigenvalue weighted by Crippen LogP contribution is -2.35. The van der Waals surface area contributed by atoms with E-state index in [0.717, 1.165) is 22.7 Å². The minimum Gasteiger partial charge on any atom is -0.0661 e. The molecule has 0 spiro atoms. The zero-order valence-corrected chi connectivity index (χ0v) is 13.5. The fraction of sp³-hybridized carbons (Fsp3) is 0.909. The SMILES string of the molecule is CC12C3=C4CC5C6C4C1C1C4C2C2C3CC3C2C4C(C)(C53)C61. The summed E-state index contributed by atoms with van der Waals surface area (Å²) in [5.74, 6) is 16.6. The molecule has 0 nitrogen and oxygen atoms in total. The molecule has 0 aromatic heterocycles. The molecule has 112 valence electrons. The predicted octanol–water partition coefficient (Wildman–Crippen LogP) is 3.84. The first kappa shape index (κ1) is 9.90. The third kappa shape index (κ3) is 0.484. The molecule has 0 saturated heterocycles. The van der Waals surface area contributed by atoms with Crippen LogP contribution in [0, 0.1) is 93.7 Å². The molecule has 0 amide bonds. The van der Waals surface area contributed by atoms with Gasteiger partial charge < -0.3 is 0 Å². The fourth-order valence-corrected chi connectivity index (χ4v) is 14.6. The van der Waals surface area contributed by atoms with Gasteiger partial charge in [0.2, 0.25) is 0 Å². The maximum Gasteiger partial charge on any atom is -0.00398 e. The maximum atomic E-state index is 2.86. The van der Waals surface area contributed by atoms with Crippen molar-refractivity contribution in [3.63, 3.8) is 0 Å². The molecule has 16 unspecified atom stereocenters. The number of allylic oxidation sites excluding steroid dienone is 2. The van der Waals surface area contributed by atoms with E-state index in [1.165, 1.54) is 71.0 Å². The average molecular weight is 288 g/mol. The third-order valence-electron chi connectivity index (χ3n) is 13.2. The smallest absolute Gasteiger partial charge is 0.00398 e. The van der Waals surface area contributed by atoms with E-state index in [1.54, 1.807) is 12.8 Å². The van der Waals surface area contributed by atoms with Gasteiger partial charge in [0, 0.05) is 0 Å². The van der Waals surface area contributed by atoms with E-state index in [1.807, 2.05) is 0 Å². The van der Waals surface area contributed by atoms with Crippen LogP contribution in [-0.4, -0.2) is 0 Å². The molecule has 9 saturated carbocycles. The van der Waals surface area contributed by atoms with Crippen LogP contribution in [0.15, 0.2) is 11.1 Å². The average Bonchev–Trinajstić information content (AvgIpc) is 3.16. The Labute approximate surface area is 132 Å². The summed E-state index contributed by atoms with van der Waals surface area (Å²) in [4.78, 5) is 0. The van der Waals surface area contributed by atoms with Gasteiger partial charge in [0.15, 0.2) is 0 Å². The zero-order valence-electron chi connectivity index (χ0n) is 13.5. The maximum absolute atomic E-state index is 2.86. The highest BCUT2D eigenvalue weighted by Crippen LogP contribution is 3.00. The molecular formula is C22H24. The van der Waals surface area contributed by atoms with Crippen molar-refractivity contribution >= 4 is 0 Å². The normalized spacial score (nSPS) is 91.9. The van der Waals surface area contributed by atoms with Crippen LogP contribution in [-0.2, 0) is 0 Å². The number of fused-ring (bicyclic) bond motifs is 3. The van der Waals surface area contributed by atoms with E-state index in [0.29, 0.717) is 0 Å². The zero-order chi connectivity index (χ0) is 13.7. The lowest BCUT2D eigenvalue weighted by Gasteiger charge is -2.40. The molecular weight excluding hydrogens is 264 g/mol. The molecule has 16 atom stereocenters. The van der Waals surface area contributed by atoms with Gasteiger partial charge >= 0.3 is 0 Å². The molecule has 0 aliphatic heterocycles. The van der Waals surface area contributed by atoms with E-state index in [9.17, 15) is 0 Å². The monoisotopic (exact) mass is 288 g/mol. The fourth-order valence-electron chi connectivity index (χ4n) is 14.6. The van der Waals surface area contributed by atoms with Crippen LogP contribution in [0.1, 0.15) is 26.7 Å². The number of rotatable bonds is 0. The first-order valence-corrected chi connectivity index (χ1v) is 10.4. The Balaban J connectivity index is 1.54. The van der Waals surface area contributed by atoms with Gasteiger partial charge in [-0.3, -0.25) is 0 Å². The molecule has 0 aromatic carbocycles. The van der Waals surface area contributed by atoms with Crippen molar-refractivity contribution < 1.29 is 0 Å². The minimum atomic E-state index is 0.742. The van der Waals surface area contributed by atoms with E-state index in [2.05, 4.69) is 25.0 Å². The lowest BCUT2D eigenvalue weighted by atomic mass is 9.64. The standard InChI is InChI=1S/C22H24/c1-21-15-5-3-7-11-9(5)17(21)13-14-18(21)10-6(15)4-8-12(10)20(14)22(2,16(7)8)19(11)13/h5-7,9-15,17-20H,3-4H2,1-2H3. The molecule has 10 aliphatic rings. The molecule has 22 heavy (non-hydrogen) atoms. The molecule has 10 rings (SSSR count). The molecule has 0 heterocycles. The highest BCUT2D eigenvalue weighted by molar-refractivity contribution is 5.56. The van der Waals surface area contributed by atoms with E-state index < -0.39 is 0 Å². The molecule has 0 bridgehead atoms. The van der Waals surface area contributed by atoms with Crippen molar-refractivity contribution in [1.29, 1.82) is 0 Å². The highest BCUT2D eigenvalue weighted by atomic mass is 15.0. The second-order valence-electron chi connectivity index (χ2n) is 12.0. The van der Waals surface area contributed by atoms with Crippen molar-refractivity contribution in [2.75, 3.05) is 0 Å². The van der Waals surface area contributed by atoms with Crippen molar-refractivity contribution in [3.05, 3.63) is 11.1 Å². The van der Waals surface area contributed by atoms with Crippen LogP contribution in [0.3, 0.4) is 0 Å². The summed E-state index contributed by atoms with van der Waals surface area (Å²) in [7, 11) is 0. The van der Waals surface area contributed by atoms with Crippen molar-refractivity contribution in [2.45, 2.75) is 26.7 Å². The minimum absolute atomic E-state index is 0.742. The Morgan fingerprint density at radius 1 is 0.773 bits per heavy atom. The number of hydrogen-bond acceptors (Lipinski definition) is 0. The van der Waals surface area contributed by atoms with E-state index >= 15 is 0 Å². The molecule has 0 aromatic rings. The summed E-state index contributed by atoms with van der Waals surface area (Å²) in [6, 6.07) is 0. The Kier molecular flexibility index (Phi) is 0.954. The quantitative estimate of drug-likeness (QED) is 0.594. The van der Waals surface area contributed by atoms with Gasteiger partial charge in [-0.1, -0.05) is 25.0 Å². The lowest BCUT2D eigenvalue weighted by molar-refractivity contribution is 0.0994. The second-order valence-corrected chi connectivity index (χ2v) is 12.0. The van der Waals surface area contributed by atoms with Crippen LogP contribution < -0.4 is 0 Å². The van der Waals surface area contributed by atoms with Gasteiger partial charge in [-0.25, -0.2) is 0 Å². The highest BCUT2D eigenvalue weighted by Gasteiger charge is 2.95. The van der Waals surface area contributed by atoms with Crippen LogP contribution in [0.25, 0.3) is 0 Å². The third-order valence-corrected chi connectivity index (χ3v) is 13.2. The molecule has 10 aliphatic carbocycles. The van der Waals surface area contributed by atoms with Gasteiger partial charge in [-0.05, 0) is 107 Å². The van der Waals surface area contributed by atoms with Gasteiger partial charge in [0.05, 0.1) is 0 Å². The summed E-state index contributed by atoms with van der Waals surface area (Å²) in [5, 5.41) is 0. The van der Waals surface area contributed by atoms with Crippen LogP contribution >= 0.6 is 0 Å². The van der Waals surface area contributed by atoms with Gasteiger partial charge in [0.1, 0.15) is 0 Å². The Morgan fingerprint density at radius 2 is 1.59 bits per heavy atom. The topological polar surface area (TPSA) is 0 Å². The summed E-state index contributed by atoms with van der Waals surface area (Å²) in [6.45, 7) is 5.68. The van der Waals surface area contributed by atoms with Crippen LogP contribution in [0.5, 0.6) is 0 Å². The molecule has 0 heteroatoms. The summed E-state index contributed by atoms with van der Waals surface area (Å²) in [5.41, 5.74) is 5.89. The van der Waals surface area contributed by atoms with Crippen LogP contribution in [0.4, 0.5) is 0 Å². The Morgan fingerprint density at radius 3 is 2.50 bits per heavy atom. The molecule has 0 radical (unpaired) electrons. The van der Waals surface area contributed by atoms with Gasteiger partial charge in [-0.15, -0.1) is 0 Å². The van der Waals surface area contributed by atoms with E-state index in [4.69, 9.17) is 0 Å². The predicted molar refractivity (Wildman–Crippen MR) is 81.3 cm³/mol. The number of hydrogen-bond donors (Lipinski definition) is 0. The first-order valence-electron chi connectivity index (χ1n) is 10.4. The summed E-state index contributed by atoms with van der Waals surface area (Å²) >= 11 is 0. The van der Waals surface area contributed by atoms with Gasteiger partial charge in [-0.2, -0.15) is 0 Å². The summed E-state index contributed by atoms with van der Waals surface area (Å²) < 4.78 is 0. The second kappa shape index (κ2) is 2.12. The van der Waals surface area contributed by atoms with Crippen molar-refractivity contribution in [1.82, 2.24) is 0 Å². The van der Waals surface area contributed by atoms with Crippen molar-refractivity contribution in [3.8, 4) is 0 Å². The summed E-state index contributed by atoms with van der Waals surface area (Å²) in [6.07, 6.45) is 3.28. The van der Waals surface area contributed by atoms with E-state index in [-0.39, 0.29) is 0 Å². The molecule has 9 fully saturated rings.